The minimum Gasteiger partial charge on any atom is -0.224 e. The Morgan fingerprint density at radius 1 is 0.500 bits per heavy atom. The van der Waals surface area contributed by atoms with E-state index in [-0.39, 0.29) is 0 Å². The van der Waals surface area contributed by atoms with Crippen LogP contribution in [0, 0.1) is 0 Å². The molecule has 0 radical (unpaired) electrons. The first-order valence-corrected chi connectivity index (χ1v) is 10.4. The highest BCUT2D eigenvalue weighted by Gasteiger charge is 2.13. The van der Waals surface area contributed by atoms with Gasteiger partial charge in [0.25, 0.3) is 0 Å². The van der Waals surface area contributed by atoms with Crippen molar-refractivity contribution in [1.82, 2.24) is 15.2 Å². The second-order valence-electron chi connectivity index (χ2n) is 5.43. The van der Waals surface area contributed by atoms with Gasteiger partial charge in [-0.05, 0) is 4.93 Å². The summed E-state index contributed by atoms with van der Waals surface area (Å²) in [5.41, 5.74) is 4.64. The third kappa shape index (κ3) is 4.14. The monoisotopic (exact) mass is 451 g/mol. The highest BCUT2D eigenvalue weighted by molar-refractivity contribution is 14.1. The Morgan fingerprint density at radius 3 is 1.42 bits per heavy atom. The van der Waals surface area contributed by atoms with Crippen LogP contribution in [-0.2, 0) is 0 Å². The molecule has 1 aromatic heterocycles. The molecule has 4 aromatic rings. The average Bonchev–Trinajstić information content (AvgIpc) is 2.77. The summed E-state index contributed by atoms with van der Waals surface area (Å²) in [6, 6.07) is 30.1. The van der Waals surface area contributed by atoms with Gasteiger partial charge in [-0.3, -0.25) is 0 Å². The molecule has 0 spiro atoms. The summed E-state index contributed by atoms with van der Waals surface area (Å²) < 4.78 is 0. The molecule has 0 atom stereocenters. The van der Waals surface area contributed by atoms with Crippen molar-refractivity contribution >= 4 is 22.6 Å². The van der Waals surface area contributed by atoms with Crippen LogP contribution in [0.1, 0.15) is 0 Å². The van der Waals surface area contributed by atoms with Gasteiger partial charge in [0.15, 0.2) is 5.82 Å². The fraction of sp³-hybridized carbons (Fsp3) is 0.0455. The fourth-order valence-electron chi connectivity index (χ4n) is 2.62. The highest BCUT2D eigenvalue weighted by Crippen LogP contribution is 2.29. The number of benzene rings is 3. The van der Waals surface area contributed by atoms with E-state index in [9.17, 15) is 0 Å². The molecular formula is C22H18IN3. The number of alkyl halides is 1. The fourth-order valence-corrected chi connectivity index (χ4v) is 2.62. The SMILES string of the molecule is CI.c1ccc(-c2nnc(-c3ccccc3)c(-c3ccccc3)n2)cc1. The molecule has 3 aromatic carbocycles. The maximum atomic E-state index is 4.82. The van der Waals surface area contributed by atoms with Crippen molar-refractivity contribution in [2.75, 3.05) is 4.93 Å². The molecule has 26 heavy (non-hydrogen) atoms. The van der Waals surface area contributed by atoms with Crippen LogP contribution in [0.4, 0.5) is 0 Å². The summed E-state index contributed by atoms with van der Waals surface area (Å²) in [5.74, 6) is 0.633. The first-order chi connectivity index (χ1) is 12.9. The molecule has 0 N–H and O–H groups in total. The molecule has 0 amide bonds. The Hall–Kier alpha value is -2.60. The number of hydrogen-bond donors (Lipinski definition) is 0. The topological polar surface area (TPSA) is 38.7 Å². The van der Waals surface area contributed by atoms with Crippen molar-refractivity contribution in [3.05, 3.63) is 91.0 Å². The highest BCUT2D eigenvalue weighted by atomic mass is 127. The van der Waals surface area contributed by atoms with E-state index >= 15 is 0 Å². The van der Waals surface area contributed by atoms with E-state index < -0.39 is 0 Å². The Labute approximate surface area is 167 Å². The maximum Gasteiger partial charge on any atom is 0.182 e. The standard InChI is InChI=1S/C21H15N3.CH3I/c1-4-10-16(11-5-1)19-20(17-12-6-2-7-13-17)23-24-21(22-19)18-14-8-3-9-15-18;1-2/h1-15H;1H3. The van der Waals surface area contributed by atoms with Crippen LogP contribution < -0.4 is 0 Å². The molecule has 0 aliphatic rings. The molecule has 0 aliphatic heterocycles. The molecule has 0 aliphatic carbocycles. The van der Waals surface area contributed by atoms with Gasteiger partial charge in [-0.15, -0.1) is 10.2 Å². The molecule has 4 heteroatoms. The largest absolute Gasteiger partial charge is 0.224 e. The number of rotatable bonds is 3. The van der Waals surface area contributed by atoms with E-state index in [4.69, 9.17) is 4.98 Å². The molecule has 128 valence electrons. The van der Waals surface area contributed by atoms with Gasteiger partial charge in [0.1, 0.15) is 11.4 Å². The lowest BCUT2D eigenvalue weighted by Crippen LogP contribution is -1.99. The lowest BCUT2D eigenvalue weighted by atomic mass is 10.0. The lowest BCUT2D eigenvalue weighted by Gasteiger charge is -2.09. The molecule has 0 saturated carbocycles. The van der Waals surface area contributed by atoms with Crippen molar-refractivity contribution in [3.63, 3.8) is 0 Å². The van der Waals surface area contributed by atoms with Gasteiger partial charge in [-0.1, -0.05) is 114 Å². The van der Waals surface area contributed by atoms with E-state index in [1.165, 1.54) is 0 Å². The number of hydrogen-bond acceptors (Lipinski definition) is 3. The summed E-state index contributed by atoms with van der Waals surface area (Å²) in [6.45, 7) is 0. The smallest absolute Gasteiger partial charge is 0.182 e. The van der Waals surface area contributed by atoms with Crippen LogP contribution in [0.15, 0.2) is 91.0 Å². The van der Waals surface area contributed by atoms with Gasteiger partial charge < -0.3 is 0 Å². The lowest BCUT2D eigenvalue weighted by molar-refractivity contribution is 0.991. The predicted molar refractivity (Wildman–Crippen MR) is 116 cm³/mol. The number of aromatic nitrogens is 3. The van der Waals surface area contributed by atoms with Gasteiger partial charge in [0, 0.05) is 16.7 Å². The molecule has 0 fully saturated rings. The summed E-state index contributed by atoms with van der Waals surface area (Å²) in [7, 11) is 0. The van der Waals surface area contributed by atoms with E-state index in [1.807, 2.05) is 95.9 Å². The van der Waals surface area contributed by atoms with Crippen molar-refractivity contribution in [2.45, 2.75) is 0 Å². The van der Waals surface area contributed by atoms with Crippen LogP contribution >= 0.6 is 22.6 Å². The average molecular weight is 451 g/mol. The van der Waals surface area contributed by atoms with Crippen molar-refractivity contribution in [2.24, 2.45) is 0 Å². The zero-order valence-electron chi connectivity index (χ0n) is 14.4. The quantitative estimate of drug-likeness (QED) is 0.287. The Morgan fingerprint density at radius 2 is 0.923 bits per heavy atom. The Bertz CT molecular complexity index is 943. The third-order valence-electron chi connectivity index (χ3n) is 3.81. The maximum absolute atomic E-state index is 4.82. The minimum atomic E-state index is 0.633. The third-order valence-corrected chi connectivity index (χ3v) is 3.81. The first kappa shape index (κ1) is 18.2. The van der Waals surface area contributed by atoms with Gasteiger partial charge >= 0.3 is 0 Å². The molecular weight excluding hydrogens is 433 g/mol. The molecule has 3 nitrogen and oxygen atoms in total. The summed E-state index contributed by atoms with van der Waals surface area (Å²) in [6.07, 6.45) is 0. The Balaban J connectivity index is 0.000000948. The molecule has 0 unspecified atom stereocenters. The van der Waals surface area contributed by atoms with Crippen LogP contribution in [-0.4, -0.2) is 20.1 Å². The second kappa shape index (κ2) is 9.20. The minimum absolute atomic E-state index is 0.633. The first-order valence-electron chi connectivity index (χ1n) is 8.20. The van der Waals surface area contributed by atoms with Crippen LogP contribution in [0.5, 0.6) is 0 Å². The van der Waals surface area contributed by atoms with Gasteiger partial charge in [0.2, 0.25) is 0 Å². The van der Waals surface area contributed by atoms with Gasteiger partial charge in [0.05, 0.1) is 0 Å². The molecule has 4 rings (SSSR count). The molecule has 1 heterocycles. The van der Waals surface area contributed by atoms with Crippen molar-refractivity contribution in [3.8, 4) is 33.9 Å². The van der Waals surface area contributed by atoms with E-state index in [1.54, 1.807) is 0 Å². The summed E-state index contributed by atoms with van der Waals surface area (Å²) >= 11 is 2.15. The number of halogens is 1. The van der Waals surface area contributed by atoms with Crippen molar-refractivity contribution in [1.29, 1.82) is 0 Å². The number of nitrogens with zero attached hydrogens (tertiary/aromatic N) is 3. The second-order valence-corrected chi connectivity index (χ2v) is 5.43. The predicted octanol–water partition coefficient (Wildman–Crippen LogP) is 5.92. The zero-order valence-corrected chi connectivity index (χ0v) is 16.5. The van der Waals surface area contributed by atoms with Crippen LogP contribution in [0.2, 0.25) is 0 Å². The van der Waals surface area contributed by atoms with Gasteiger partial charge in [-0.25, -0.2) is 4.98 Å². The van der Waals surface area contributed by atoms with E-state index in [0.29, 0.717) is 5.82 Å². The molecule has 0 saturated heterocycles. The van der Waals surface area contributed by atoms with Gasteiger partial charge in [-0.2, -0.15) is 0 Å². The zero-order chi connectivity index (χ0) is 18.2. The van der Waals surface area contributed by atoms with E-state index in [0.717, 1.165) is 28.1 Å². The summed E-state index contributed by atoms with van der Waals surface area (Å²) in [5, 5.41) is 8.84. The van der Waals surface area contributed by atoms with Crippen LogP contribution in [0.3, 0.4) is 0 Å². The van der Waals surface area contributed by atoms with Crippen LogP contribution in [0.25, 0.3) is 33.9 Å². The van der Waals surface area contributed by atoms with Crippen molar-refractivity contribution < 1.29 is 0 Å². The van der Waals surface area contributed by atoms with E-state index in [2.05, 4.69) is 32.8 Å². The molecule has 0 bridgehead atoms. The Kier molecular flexibility index (Phi) is 6.44. The normalized spacial score (nSPS) is 9.92. The summed E-state index contributed by atoms with van der Waals surface area (Å²) in [4.78, 5) is 6.79.